The average Bonchev–Trinajstić information content (AvgIpc) is 2.93. The number of para-hydroxylation sites is 1. The SMILES string of the molecule is COc1ccc(OC)c(-c2[nH]c3ccccc3c2C(N)=S)c1. The fraction of sp³-hybridized carbons (Fsp3) is 0.118. The predicted molar refractivity (Wildman–Crippen MR) is 92.7 cm³/mol. The number of methoxy groups -OCH3 is 2. The van der Waals surface area contributed by atoms with Gasteiger partial charge in [0.15, 0.2) is 0 Å². The quantitative estimate of drug-likeness (QED) is 0.724. The molecule has 0 aliphatic heterocycles. The molecule has 4 nitrogen and oxygen atoms in total. The molecule has 5 heteroatoms. The number of nitrogens with one attached hydrogen (secondary N) is 1. The minimum Gasteiger partial charge on any atom is -0.497 e. The Morgan fingerprint density at radius 2 is 1.86 bits per heavy atom. The predicted octanol–water partition coefficient (Wildman–Crippen LogP) is 3.49. The van der Waals surface area contributed by atoms with Crippen LogP contribution in [-0.2, 0) is 0 Å². The highest BCUT2D eigenvalue weighted by atomic mass is 32.1. The number of rotatable bonds is 4. The van der Waals surface area contributed by atoms with Gasteiger partial charge in [0.05, 0.1) is 19.9 Å². The van der Waals surface area contributed by atoms with Gasteiger partial charge in [-0.3, -0.25) is 0 Å². The maximum Gasteiger partial charge on any atom is 0.128 e. The van der Waals surface area contributed by atoms with Crippen molar-refractivity contribution < 1.29 is 9.47 Å². The van der Waals surface area contributed by atoms with Crippen molar-refractivity contribution in [2.24, 2.45) is 5.73 Å². The van der Waals surface area contributed by atoms with Gasteiger partial charge < -0.3 is 20.2 Å². The van der Waals surface area contributed by atoms with Gasteiger partial charge in [-0.1, -0.05) is 30.4 Å². The lowest BCUT2D eigenvalue weighted by Crippen LogP contribution is -2.10. The molecule has 0 fully saturated rings. The van der Waals surface area contributed by atoms with Crippen molar-refractivity contribution in [3.63, 3.8) is 0 Å². The van der Waals surface area contributed by atoms with Crippen LogP contribution < -0.4 is 15.2 Å². The van der Waals surface area contributed by atoms with E-state index in [-0.39, 0.29) is 0 Å². The molecule has 0 unspecified atom stereocenters. The van der Waals surface area contributed by atoms with Crippen LogP contribution in [0.3, 0.4) is 0 Å². The summed E-state index contributed by atoms with van der Waals surface area (Å²) in [7, 11) is 3.26. The minimum atomic E-state index is 0.345. The third-order valence-corrected chi connectivity index (χ3v) is 3.83. The molecule has 0 spiro atoms. The fourth-order valence-electron chi connectivity index (χ4n) is 2.61. The van der Waals surface area contributed by atoms with Crippen LogP contribution in [0.25, 0.3) is 22.2 Å². The van der Waals surface area contributed by atoms with Crippen LogP contribution >= 0.6 is 12.2 Å². The highest BCUT2D eigenvalue weighted by molar-refractivity contribution is 7.80. The van der Waals surface area contributed by atoms with Crippen LogP contribution in [0.2, 0.25) is 0 Å². The molecule has 1 heterocycles. The Morgan fingerprint density at radius 1 is 1.09 bits per heavy atom. The maximum atomic E-state index is 5.96. The summed E-state index contributed by atoms with van der Waals surface area (Å²) < 4.78 is 10.8. The lowest BCUT2D eigenvalue weighted by Gasteiger charge is -2.11. The molecule has 0 aliphatic carbocycles. The third kappa shape index (κ3) is 2.29. The molecule has 3 N–H and O–H groups in total. The Bertz CT molecular complexity index is 855. The van der Waals surface area contributed by atoms with Crippen LogP contribution in [0.15, 0.2) is 42.5 Å². The van der Waals surface area contributed by atoms with E-state index in [1.807, 2.05) is 42.5 Å². The summed E-state index contributed by atoms with van der Waals surface area (Å²) in [6, 6.07) is 13.5. The van der Waals surface area contributed by atoms with E-state index in [0.717, 1.165) is 39.2 Å². The van der Waals surface area contributed by atoms with Gasteiger partial charge >= 0.3 is 0 Å². The number of aromatic amines is 1. The van der Waals surface area contributed by atoms with Gasteiger partial charge in [0.1, 0.15) is 16.5 Å². The van der Waals surface area contributed by atoms with E-state index in [2.05, 4.69) is 4.98 Å². The lowest BCUT2D eigenvalue weighted by molar-refractivity contribution is 0.404. The minimum absolute atomic E-state index is 0.345. The van der Waals surface area contributed by atoms with Crippen molar-refractivity contribution in [1.29, 1.82) is 0 Å². The number of nitrogens with two attached hydrogens (primary N) is 1. The van der Waals surface area contributed by atoms with Crippen LogP contribution in [0, 0.1) is 0 Å². The summed E-state index contributed by atoms with van der Waals surface area (Å²) in [5.74, 6) is 1.47. The second kappa shape index (κ2) is 5.69. The Kier molecular flexibility index (Phi) is 3.73. The third-order valence-electron chi connectivity index (χ3n) is 3.63. The van der Waals surface area contributed by atoms with Crippen molar-refractivity contribution in [3.8, 4) is 22.8 Å². The first-order valence-electron chi connectivity index (χ1n) is 6.78. The van der Waals surface area contributed by atoms with Crippen LogP contribution in [-0.4, -0.2) is 24.2 Å². The first-order chi connectivity index (χ1) is 10.7. The molecule has 22 heavy (non-hydrogen) atoms. The second-order valence-corrected chi connectivity index (χ2v) is 5.29. The average molecular weight is 312 g/mol. The smallest absolute Gasteiger partial charge is 0.128 e. The topological polar surface area (TPSA) is 60.3 Å². The van der Waals surface area contributed by atoms with E-state index in [9.17, 15) is 0 Å². The van der Waals surface area contributed by atoms with Gasteiger partial charge in [-0.05, 0) is 24.3 Å². The molecule has 112 valence electrons. The number of thiocarbonyl (C=S) groups is 1. The van der Waals surface area contributed by atoms with Gasteiger partial charge in [0.25, 0.3) is 0 Å². The standard InChI is InChI=1S/C17H16N2O2S/c1-20-10-7-8-14(21-2)12(9-10)16-15(17(18)22)11-5-3-4-6-13(11)19-16/h3-9,19H,1-2H3,(H2,18,22). The van der Waals surface area contributed by atoms with E-state index in [4.69, 9.17) is 27.4 Å². The number of benzene rings is 2. The highest BCUT2D eigenvalue weighted by Gasteiger charge is 2.18. The lowest BCUT2D eigenvalue weighted by atomic mass is 10.0. The second-order valence-electron chi connectivity index (χ2n) is 4.85. The molecule has 0 bridgehead atoms. The summed E-state index contributed by atoms with van der Waals surface area (Å²) in [6.45, 7) is 0. The first-order valence-corrected chi connectivity index (χ1v) is 7.19. The van der Waals surface area contributed by atoms with E-state index in [0.29, 0.717) is 4.99 Å². The van der Waals surface area contributed by atoms with Gasteiger partial charge in [0, 0.05) is 22.0 Å². The molecular weight excluding hydrogens is 296 g/mol. The Balaban J connectivity index is 2.34. The largest absolute Gasteiger partial charge is 0.497 e. The van der Waals surface area contributed by atoms with Gasteiger partial charge in [0.2, 0.25) is 0 Å². The molecule has 2 aromatic carbocycles. The Hall–Kier alpha value is -2.53. The van der Waals surface area contributed by atoms with E-state index in [1.165, 1.54) is 0 Å². The Morgan fingerprint density at radius 3 is 2.55 bits per heavy atom. The monoisotopic (exact) mass is 312 g/mol. The van der Waals surface area contributed by atoms with E-state index >= 15 is 0 Å². The summed E-state index contributed by atoms with van der Waals surface area (Å²) in [4.78, 5) is 3.73. The molecule has 0 saturated carbocycles. The van der Waals surface area contributed by atoms with E-state index < -0.39 is 0 Å². The normalized spacial score (nSPS) is 10.6. The number of fused-ring (bicyclic) bond motifs is 1. The molecule has 0 radical (unpaired) electrons. The summed E-state index contributed by atoms with van der Waals surface area (Å²) >= 11 is 5.26. The zero-order valence-electron chi connectivity index (χ0n) is 12.3. The molecule has 0 saturated heterocycles. The molecular formula is C17H16N2O2S. The number of aromatic nitrogens is 1. The number of H-pyrrole nitrogens is 1. The number of hydrogen-bond donors (Lipinski definition) is 2. The Labute approximate surface area is 133 Å². The number of hydrogen-bond acceptors (Lipinski definition) is 3. The summed E-state index contributed by atoms with van der Waals surface area (Å²) in [5.41, 5.74) is 9.46. The van der Waals surface area contributed by atoms with Crippen molar-refractivity contribution in [2.45, 2.75) is 0 Å². The van der Waals surface area contributed by atoms with Crippen molar-refractivity contribution in [3.05, 3.63) is 48.0 Å². The first kappa shape index (κ1) is 14.4. The molecule has 0 aliphatic rings. The zero-order valence-corrected chi connectivity index (χ0v) is 13.2. The summed E-state index contributed by atoms with van der Waals surface area (Å²) in [6.07, 6.45) is 0. The van der Waals surface area contributed by atoms with Gasteiger partial charge in [-0.25, -0.2) is 0 Å². The highest BCUT2D eigenvalue weighted by Crippen LogP contribution is 2.37. The maximum absolute atomic E-state index is 5.96. The van der Waals surface area contributed by atoms with Gasteiger partial charge in [-0.2, -0.15) is 0 Å². The molecule has 0 atom stereocenters. The fourth-order valence-corrected chi connectivity index (χ4v) is 2.82. The van der Waals surface area contributed by atoms with Crippen LogP contribution in [0.4, 0.5) is 0 Å². The van der Waals surface area contributed by atoms with Crippen molar-refractivity contribution >= 4 is 28.1 Å². The van der Waals surface area contributed by atoms with Gasteiger partial charge in [-0.15, -0.1) is 0 Å². The van der Waals surface area contributed by atoms with Crippen LogP contribution in [0.1, 0.15) is 5.56 Å². The molecule has 0 amide bonds. The molecule has 3 aromatic rings. The van der Waals surface area contributed by atoms with E-state index in [1.54, 1.807) is 14.2 Å². The molecule has 1 aromatic heterocycles. The summed E-state index contributed by atoms with van der Waals surface area (Å²) in [5, 5.41) is 0.995. The number of ether oxygens (including phenoxy) is 2. The van der Waals surface area contributed by atoms with Crippen molar-refractivity contribution in [1.82, 2.24) is 4.98 Å². The van der Waals surface area contributed by atoms with Crippen molar-refractivity contribution in [2.75, 3.05) is 14.2 Å². The molecule has 3 rings (SSSR count). The zero-order chi connectivity index (χ0) is 15.7. The van der Waals surface area contributed by atoms with Crippen LogP contribution in [0.5, 0.6) is 11.5 Å².